The lowest BCUT2D eigenvalue weighted by Crippen LogP contribution is -2.30. The lowest BCUT2D eigenvalue weighted by atomic mass is 9.97. The van der Waals surface area contributed by atoms with Gasteiger partial charge in [-0.1, -0.05) is 25.4 Å². The lowest BCUT2D eigenvalue weighted by Gasteiger charge is -2.19. The molecule has 1 unspecified atom stereocenters. The van der Waals surface area contributed by atoms with Crippen molar-refractivity contribution in [3.05, 3.63) is 34.6 Å². The Morgan fingerprint density at radius 1 is 1.47 bits per heavy atom. The molecule has 0 aliphatic heterocycles. The molecule has 0 aliphatic rings. The summed E-state index contributed by atoms with van der Waals surface area (Å²) in [4.78, 5) is 12.1. The van der Waals surface area contributed by atoms with Gasteiger partial charge in [0.2, 0.25) is 0 Å². The summed E-state index contributed by atoms with van der Waals surface area (Å²) in [7, 11) is 0. The molecule has 0 N–H and O–H groups in total. The zero-order valence-electron chi connectivity index (χ0n) is 10.2. The van der Waals surface area contributed by atoms with Crippen LogP contribution < -0.4 is 0 Å². The molecule has 4 heteroatoms. The van der Waals surface area contributed by atoms with E-state index in [4.69, 9.17) is 16.3 Å². The van der Waals surface area contributed by atoms with Gasteiger partial charge in [0, 0.05) is 11.6 Å². The van der Waals surface area contributed by atoms with Crippen LogP contribution in [0.2, 0.25) is 5.02 Å². The van der Waals surface area contributed by atoms with Gasteiger partial charge < -0.3 is 4.74 Å². The molecule has 1 atom stereocenters. The van der Waals surface area contributed by atoms with Crippen molar-refractivity contribution in [1.82, 2.24) is 0 Å². The lowest BCUT2D eigenvalue weighted by molar-refractivity contribution is 0.0276. The van der Waals surface area contributed by atoms with E-state index in [0.717, 1.165) is 6.07 Å². The number of hydrogen-bond acceptors (Lipinski definition) is 2. The van der Waals surface area contributed by atoms with Crippen LogP contribution in [0.25, 0.3) is 0 Å². The van der Waals surface area contributed by atoms with Crippen LogP contribution in [-0.4, -0.2) is 18.5 Å². The van der Waals surface area contributed by atoms with Crippen LogP contribution in [0.3, 0.4) is 0 Å². The van der Waals surface area contributed by atoms with E-state index in [1.807, 2.05) is 13.8 Å². The third kappa shape index (κ3) is 3.51. The Kier molecular flexibility index (Phi) is 5.09. The number of hydrogen-bond donors (Lipinski definition) is 0. The van der Waals surface area contributed by atoms with Crippen LogP contribution in [0, 0.1) is 11.7 Å². The number of carbonyl (C=O) groups excluding carboxylic acids is 1. The van der Waals surface area contributed by atoms with Gasteiger partial charge in [0.05, 0.1) is 5.56 Å². The minimum absolute atomic E-state index is 0.00229. The van der Waals surface area contributed by atoms with Crippen molar-refractivity contribution in [2.75, 3.05) is 6.61 Å². The van der Waals surface area contributed by atoms with Gasteiger partial charge in [0.25, 0.3) is 0 Å². The number of carbonyl (C=O) groups is 1. The van der Waals surface area contributed by atoms with Gasteiger partial charge in [-0.05, 0) is 31.0 Å². The molecule has 1 aromatic carbocycles. The molecule has 0 saturated heterocycles. The molecular formula is C13H16ClFO2. The van der Waals surface area contributed by atoms with Gasteiger partial charge in [0.15, 0.2) is 5.78 Å². The summed E-state index contributed by atoms with van der Waals surface area (Å²) in [6.45, 7) is 5.96. The predicted octanol–water partition coefficient (Wildman–Crippen LogP) is 3.72. The first-order valence-corrected chi connectivity index (χ1v) is 5.96. The van der Waals surface area contributed by atoms with Gasteiger partial charge in [-0.2, -0.15) is 0 Å². The summed E-state index contributed by atoms with van der Waals surface area (Å²) in [6.07, 6.45) is -0.615. The van der Waals surface area contributed by atoms with Crippen molar-refractivity contribution in [2.24, 2.45) is 5.92 Å². The Labute approximate surface area is 106 Å². The van der Waals surface area contributed by atoms with Gasteiger partial charge in [-0.3, -0.25) is 4.79 Å². The van der Waals surface area contributed by atoms with E-state index < -0.39 is 11.9 Å². The van der Waals surface area contributed by atoms with E-state index >= 15 is 0 Å². The Balaban J connectivity index is 3.01. The van der Waals surface area contributed by atoms with E-state index in [1.165, 1.54) is 12.1 Å². The standard InChI is InChI=1S/C13H16ClFO2/c1-4-17-13(8(2)3)12(16)10-6-5-9(14)7-11(10)15/h5-8,13H,4H2,1-3H3. The van der Waals surface area contributed by atoms with E-state index in [1.54, 1.807) is 6.92 Å². The maximum atomic E-state index is 13.6. The number of halogens is 2. The number of Topliss-reactive ketones (excluding diaryl/α,β-unsaturated/α-hetero) is 1. The van der Waals surface area contributed by atoms with Crippen LogP contribution in [0.1, 0.15) is 31.1 Å². The molecule has 94 valence electrons. The second-order valence-corrected chi connectivity index (χ2v) is 4.54. The summed E-state index contributed by atoms with van der Waals surface area (Å²) in [5.41, 5.74) is 0.0292. The highest BCUT2D eigenvalue weighted by Gasteiger charge is 2.25. The van der Waals surface area contributed by atoms with Crippen molar-refractivity contribution in [2.45, 2.75) is 26.9 Å². The first-order chi connectivity index (χ1) is 7.97. The zero-order chi connectivity index (χ0) is 13.0. The van der Waals surface area contributed by atoms with E-state index in [-0.39, 0.29) is 22.3 Å². The minimum Gasteiger partial charge on any atom is -0.370 e. The smallest absolute Gasteiger partial charge is 0.194 e. The van der Waals surface area contributed by atoms with Crippen LogP contribution in [-0.2, 0) is 4.74 Å². The molecule has 1 aromatic rings. The molecule has 0 radical (unpaired) electrons. The van der Waals surface area contributed by atoms with Crippen molar-refractivity contribution in [1.29, 1.82) is 0 Å². The van der Waals surface area contributed by atoms with Crippen LogP contribution in [0.15, 0.2) is 18.2 Å². The highest BCUT2D eigenvalue weighted by Crippen LogP contribution is 2.19. The second kappa shape index (κ2) is 6.12. The topological polar surface area (TPSA) is 26.3 Å². The number of ether oxygens (including phenoxy) is 1. The molecule has 0 amide bonds. The molecule has 0 bridgehead atoms. The summed E-state index contributed by atoms with van der Waals surface area (Å²) < 4.78 is 19.0. The molecule has 0 fully saturated rings. The fourth-order valence-electron chi connectivity index (χ4n) is 1.59. The quantitative estimate of drug-likeness (QED) is 0.753. The fraction of sp³-hybridized carbons (Fsp3) is 0.462. The summed E-state index contributed by atoms with van der Waals surface area (Å²) >= 11 is 5.64. The highest BCUT2D eigenvalue weighted by molar-refractivity contribution is 6.30. The number of rotatable bonds is 5. The molecule has 2 nitrogen and oxygen atoms in total. The maximum absolute atomic E-state index is 13.6. The molecule has 0 heterocycles. The minimum atomic E-state index is -0.615. The predicted molar refractivity (Wildman–Crippen MR) is 66.0 cm³/mol. The largest absolute Gasteiger partial charge is 0.370 e. The number of ketones is 1. The van der Waals surface area contributed by atoms with Gasteiger partial charge in [-0.25, -0.2) is 4.39 Å². The van der Waals surface area contributed by atoms with E-state index in [0.29, 0.717) is 6.61 Å². The Bertz CT molecular complexity index is 404. The molecule has 0 aromatic heterocycles. The highest BCUT2D eigenvalue weighted by atomic mass is 35.5. The summed E-state index contributed by atoms with van der Waals surface area (Å²) in [5, 5.41) is 0.275. The first-order valence-electron chi connectivity index (χ1n) is 5.58. The van der Waals surface area contributed by atoms with Crippen molar-refractivity contribution in [3.63, 3.8) is 0 Å². The zero-order valence-corrected chi connectivity index (χ0v) is 10.9. The Morgan fingerprint density at radius 3 is 2.59 bits per heavy atom. The molecule has 0 aliphatic carbocycles. The van der Waals surface area contributed by atoms with E-state index in [9.17, 15) is 9.18 Å². The van der Waals surface area contributed by atoms with Gasteiger partial charge in [0.1, 0.15) is 11.9 Å². The number of benzene rings is 1. The normalized spacial score (nSPS) is 12.8. The van der Waals surface area contributed by atoms with Crippen LogP contribution >= 0.6 is 11.6 Å². The SMILES string of the molecule is CCOC(C(=O)c1ccc(Cl)cc1F)C(C)C. The van der Waals surface area contributed by atoms with Gasteiger partial charge in [-0.15, -0.1) is 0 Å². The van der Waals surface area contributed by atoms with Crippen molar-refractivity contribution in [3.8, 4) is 0 Å². The van der Waals surface area contributed by atoms with Crippen molar-refractivity contribution >= 4 is 17.4 Å². The summed E-state index contributed by atoms with van der Waals surface area (Å²) in [6, 6.07) is 4.04. The fourth-order valence-corrected chi connectivity index (χ4v) is 1.75. The third-order valence-electron chi connectivity index (χ3n) is 2.41. The van der Waals surface area contributed by atoms with Gasteiger partial charge >= 0.3 is 0 Å². The van der Waals surface area contributed by atoms with E-state index in [2.05, 4.69) is 0 Å². The maximum Gasteiger partial charge on any atom is 0.194 e. The second-order valence-electron chi connectivity index (χ2n) is 4.11. The summed E-state index contributed by atoms with van der Waals surface area (Å²) in [5.74, 6) is -0.943. The molecule has 17 heavy (non-hydrogen) atoms. The van der Waals surface area contributed by atoms with Crippen LogP contribution in [0.4, 0.5) is 4.39 Å². The molecule has 0 spiro atoms. The Morgan fingerprint density at radius 2 is 2.12 bits per heavy atom. The Hall–Kier alpha value is -0.930. The third-order valence-corrected chi connectivity index (χ3v) is 2.64. The molecular weight excluding hydrogens is 243 g/mol. The first kappa shape index (κ1) is 14.1. The molecule has 0 saturated carbocycles. The average molecular weight is 259 g/mol. The molecule has 1 rings (SSSR count). The average Bonchev–Trinajstić information content (AvgIpc) is 2.24. The van der Waals surface area contributed by atoms with Crippen LogP contribution in [0.5, 0.6) is 0 Å². The monoisotopic (exact) mass is 258 g/mol. The van der Waals surface area contributed by atoms with Crippen molar-refractivity contribution < 1.29 is 13.9 Å².